The number of aromatic nitrogens is 2. The lowest BCUT2D eigenvalue weighted by Gasteiger charge is -2.14. The molecule has 0 bridgehead atoms. The van der Waals surface area contributed by atoms with Gasteiger partial charge in [-0.3, -0.25) is 14.3 Å². The monoisotopic (exact) mass is 358 g/mol. The van der Waals surface area contributed by atoms with Crippen molar-refractivity contribution in [1.82, 2.24) is 9.55 Å². The third-order valence-corrected chi connectivity index (χ3v) is 3.45. The van der Waals surface area contributed by atoms with Crippen LogP contribution in [0.15, 0.2) is 32.9 Å². The number of aromatic amines is 1. The molecule has 1 fully saturated rings. The summed E-state index contributed by atoms with van der Waals surface area (Å²) in [5.74, 6) is 0. The van der Waals surface area contributed by atoms with Crippen molar-refractivity contribution in [2.75, 3.05) is 6.61 Å². The van der Waals surface area contributed by atoms with E-state index in [0.29, 0.717) is 0 Å². The van der Waals surface area contributed by atoms with Crippen molar-refractivity contribution in [2.45, 2.75) is 24.9 Å². The van der Waals surface area contributed by atoms with E-state index < -0.39 is 29.7 Å². The van der Waals surface area contributed by atoms with Crippen molar-refractivity contribution >= 4 is 22.0 Å². The van der Waals surface area contributed by atoms with Crippen LogP contribution in [0.2, 0.25) is 0 Å². The van der Waals surface area contributed by atoms with Gasteiger partial charge in [-0.25, -0.2) is 4.79 Å². The summed E-state index contributed by atoms with van der Waals surface area (Å²) in [5.41, 5.74) is -0.845. The van der Waals surface area contributed by atoms with Gasteiger partial charge in [0.25, 0.3) is 5.56 Å². The van der Waals surface area contributed by atoms with E-state index in [4.69, 9.17) is 9.84 Å². The number of hydrogen-bond donors (Lipinski definition) is 3. The number of hydrogen-bond acceptors (Lipinski definition) is 5. The molecule has 1 aromatic heterocycles. The van der Waals surface area contributed by atoms with Gasteiger partial charge < -0.3 is 14.9 Å². The molecule has 2 heterocycles. The molecule has 2 rings (SSSR count). The fraction of sp³-hybridized carbons (Fsp3) is 0.385. The maximum atomic E-state index is 11.8. The number of allylic oxidation sites excluding steroid dienone is 2. The molecule has 3 atom stereocenters. The highest BCUT2D eigenvalue weighted by atomic mass is 79.9. The Morgan fingerprint density at radius 1 is 1.48 bits per heavy atom. The first-order valence-corrected chi connectivity index (χ1v) is 7.21. The molecule has 7 nitrogen and oxygen atoms in total. The minimum absolute atomic E-state index is 0.168. The molecule has 3 N–H and O–H groups in total. The predicted molar refractivity (Wildman–Crippen MR) is 80.0 cm³/mol. The number of rotatable bonds is 4. The summed E-state index contributed by atoms with van der Waals surface area (Å²) in [4.78, 5) is 27.4. The minimum Gasteiger partial charge on any atom is -0.394 e. The molecule has 0 saturated carbocycles. The molecule has 0 spiro atoms. The van der Waals surface area contributed by atoms with Gasteiger partial charge in [0.05, 0.1) is 18.3 Å². The molecule has 8 heteroatoms. The minimum atomic E-state index is -0.853. The Morgan fingerprint density at radius 2 is 2.24 bits per heavy atom. The van der Waals surface area contributed by atoms with Crippen molar-refractivity contribution in [3.63, 3.8) is 0 Å². The SMILES string of the molecule is O=c1[nH]c(=O)n([C@H]2C[C@H](O)[C@@H](CO)O2)cc1/C=C/C=C\Br. The van der Waals surface area contributed by atoms with Gasteiger partial charge in [0.1, 0.15) is 12.3 Å². The zero-order valence-corrected chi connectivity index (χ0v) is 12.6. The molecule has 1 aliphatic heterocycles. The van der Waals surface area contributed by atoms with E-state index in [-0.39, 0.29) is 18.6 Å². The third kappa shape index (κ3) is 3.59. The number of nitrogens with one attached hydrogen (secondary N) is 1. The van der Waals surface area contributed by atoms with Crippen LogP contribution in [-0.4, -0.2) is 38.6 Å². The van der Waals surface area contributed by atoms with Gasteiger partial charge >= 0.3 is 5.69 Å². The summed E-state index contributed by atoms with van der Waals surface area (Å²) in [6.45, 7) is -0.335. The molecule has 21 heavy (non-hydrogen) atoms. The van der Waals surface area contributed by atoms with Gasteiger partial charge in [-0.15, -0.1) is 0 Å². The lowest BCUT2D eigenvalue weighted by atomic mass is 10.2. The van der Waals surface area contributed by atoms with Gasteiger partial charge in [-0.05, 0) is 11.1 Å². The summed E-state index contributed by atoms with van der Waals surface area (Å²) >= 11 is 3.10. The van der Waals surface area contributed by atoms with Crippen LogP contribution in [-0.2, 0) is 4.74 Å². The lowest BCUT2D eigenvalue weighted by molar-refractivity contribution is -0.0459. The molecular weight excluding hydrogens is 344 g/mol. The van der Waals surface area contributed by atoms with Gasteiger partial charge in [0, 0.05) is 12.6 Å². The molecule has 0 radical (unpaired) electrons. The zero-order valence-electron chi connectivity index (χ0n) is 11.0. The van der Waals surface area contributed by atoms with Gasteiger partial charge in [-0.2, -0.15) is 0 Å². The summed E-state index contributed by atoms with van der Waals surface area (Å²) in [6, 6.07) is 0. The van der Waals surface area contributed by atoms with E-state index in [2.05, 4.69) is 20.9 Å². The van der Waals surface area contributed by atoms with E-state index in [1.165, 1.54) is 10.8 Å². The Morgan fingerprint density at radius 3 is 2.86 bits per heavy atom. The van der Waals surface area contributed by atoms with E-state index in [0.717, 1.165) is 0 Å². The summed E-state index contributed by atoms with van der Waals surface area (Å²) in [5, 5.41) is 18.8. The van der Waals surface area contributed by atoms with Crippen LogP contribution >= 0.6 is 15.9 Å². The highest BCUT2D eigenvalue weighted by molar-refractivity contribution is 9.11. The molecule has 1 saturated heterocycles. The second kappa shape index (κ2) is 6.99. The maximum Gasteiger partial charge on any atom is 0.330 e. The van der Waals surface area contributed by atoms with Crippen molar-refractivity contribution in [3.05, 3.63) is 49.7 Å². The number of aliphatic hydroxyl groups excluding tert-OH is 2. The van der Waals surface area contributed by atoms with Crippen LogP contribution in [0.5, 0.6) is 0 Å². The smallest absolute Gasteiger partial charge is 0.330 e. The molecule has 0 aromatic carbocycles. The average molecular weight is 359 g/mol. The van der Waals surface area contributed by atoms with Crippen LogP contribution in [0.1, 0.15) is 18.2 Å². The Balaban J connectivity index is 2.34. The van der Waals surface area contributed by atoms with Gasteiger partial charge in [0.15, 0.2) is 0 Å². The highest BCUT2D eigenvalue weighted by Gasteiger charge is 2.35. The quantitative estimate of drug-likeness (QED) is 0.662. The Labute approximate surface area is 128 Å². The molecular formula is C13H15BrN2O5. The average Bonchev–Trinajstić information content (AvgIpc) is 2.82. The van der Waals surface area contributed by atoms with E-state index in [1.54, 1.807) is 23.2 Å². The fourth-order valence-corrected chi connectivity index (χ4v) is 2.26. The van der Waals surface area contributed by atoms with Crippen LogP contribution in [0, 0.1) is 0 Å². The van der Waals surface area contributed by atoms with Gasteiger partial charge in [-0.1, -0.05) is 28.1 Å². The first-order chi connectivity index (χ1) is 10.1. The van der Waals surface area contributed by atoms with Crippen LogP contribution in [0.3, 0.4) is 0 Å². The molecule has 0 amide bonds. The van der Waals surface area contributed by atoms with Crippen molar-refractivity contribution in [1.29, 1.82) is 0 Å². The largest absolute Gasteiger partial charge is 0.394 e. The van der Waals surface area contributed by atoms with Crippen molar-refractivity contribution < 1.29 is 14.9 Å². The first kappa shape index (κ1) is 15.9. The second-order valence-corrected chi connectivity index (χ2v) is 5.07. The second-order valence-electron chi connectivity index (χ2n) is 4.54. The molecule has 0 aliphatic carbocycles. The maximum absolute atomic E-state index is 11.8. The number of ether oxygens (including phenoxy) is 1. The van der Waals surface area contributed by atoms with Crippen LogP contribution < -0.4 is 11.2 Å². The molecule has 1 aromatic rings. The number of halogens is 1. The van der Waals surface area contributed by atoms with E-state index in [1.807, 2.05) is 0 Å². The molecule has 114 valence electrons. The molecule has 0 unspecified atom stereocenters. The first-order valence-electron chi connectivity index (χ1n) is 6.30. The van der Waals surface area contributed by atoms with E-state index in [9.17, 15) is 14.7 Å². The van der Waals surface area contributed by atoms with Gasteiger partial charge in [0.2, 0.25) is 0 Å². The Kier molecular flexibility index (Phi) is 5.29. The Bertz CT molecular complexity index is 663. The van der Waals surface area contributed by atoms with E-state index >= 15 is 0 Å². The summed E-state index contributed by atoms with van der Waals surface area (Å²) in [6.07, 6.45) is 4.08. The predicted octanol–water partition coefficient (Wildman–Crippen LogP) is 0.0991. The van der Waals surface area contributed by atoms with Crippen molar-refractivity contribution in [3.8, 4) is 0 Å². The lowest BCUT2D eigenvalue weighted by Crippen LogP contribution is -2.33. The third-order valence-electron chi connectivity index (χ3n) is 3.15. The topological polar surface area (TPSA) is 105 Å². The Hall–Kier alpha value is -1.48. The zero-order chi connectivity index (χ0) is 15.4. The number of aliphatic hydroxyl groups is 2. The summed E-state index contributed by atoms with van der Waals surface area (Å²) < 4.78 is 6.61. The van der Waals surface area contributed by atoms with Crippen molar-refractivity contribution in [2.24, 2.45) is 0 Å². The number of H-pyrrole nitrogens is 1. The highest BCUT2D eigenvalue weighted by Crippen LogP contribution is 2.27. The standard InChI is InChI=1S/C13H15BrN2O5/c14-4-2-1-3-8-6-16(13(20)15-12(8)19)11-5-9(18)10(7-17)21-11/h1-4,6,9-11,17-18H,5,7H2,(H,15,19,20)/b3-1+,4-2-/t9-,10+,11+/m0/s1. The number of nitrogens with zero attached hydrogens (tertiary/aromatic N) is 1. The van der Waals surface area contributed by atoms with Crippen LogP contribution in [0.25, 0.3) is 6.08 Å². The molecule has 1 aliphatic rings. The fourth-order valence-electron chi connectivity index (χ4n) is 2.09. The van der Waals surface area contributed by atoms with Crippen LogP contribution in [0.4, 0.5) is 0 Å². The summed E-state index contributed by atoms with van der Waals surface area (Å²) in [7, 11) is 0. The normalized spacial score (nSPS) is 26.1.